The lowest BCUT2D eigenvalue weighted by molar-refractivity contribution is -0.130. The molecule has 2 aliphatic rings. The van der Waals surface area contributed by atoms with Gasteiger partial charge in [-0.1, -0.05) is 24.3 Å². The Labute approximate surface area is 176 Å². The van der Waals surface area contributed by atoms with Crippen LogP contribution in [-0.4, -0.2) is 45.9 Å². The molecule has 6 nitrogen and oxygen atoms in total. The van der Waals surface area contributed by atoms with Crippen LogP contribution in [-0.2, 0) is 16.1 Å². The van der Waals surface area contributed by atoms with E-state index in [1.54, 1.807) is 0 Å². The van der Waals surface area contributed by atoms with Gasteiger partial charge >= 0.3 is 0 Å². The molecule has 30 heavy (non-hydrogen) atoms. The number of amides is 2. The molecular formula is C24H26N4O2. The summed E-state index contributed by atoms with van der Waals surface area (Å²) in [7, 11) is 0. The van der Waals surface area contributed by atoms with Gasteiger partial charge in [0.25, 0.3) is 0 Å². The maximum Gasteiger partial charge on any atom is 0.242 e. The third-order valence-electron chi connectivity index (χ3n) is 6.24. The summed E-state index contributed by atoms with van der Waals surface area (Å²) in [6.45, 7) is 4.58. The summed E-state index contributed by atoms with van der Waals surface area (Å²) in [5.41, 5.74) is 3.90. The Kier molecular flexibility index (Phi) is 4.77. The molecule has 0 spiro atoms. The molecule has 0 unspecified atom stereocenters. The zero-order chi connectivity index (χ0) is 20.7. The molecule has 2 aliphatic heterocycles. The molecule has 0 radical (unpaired) electrons. The largest absolute Gasteiger partial charge is 0.341 e. The number of rotatable bonds is 4. The number of anilines is 1. The number of likely N-dealkylation sites (tertiary alicyclic amines) is 1. The number of fused-ring (bicyclic) bond motifs is 1. The quantitative estimate of drug-likeness (QED) is 0.671. The summed E-state index contributed by atoms with van der Waals surface area (Å²) in [5, 5.41) is 0. The fourth-order valence-corrected chi connectivity index (χ4v) is 4.70. The van der Waals surface area contributed by atoms with Gasteiger partial charge in [0.2, 0.25) is 11.8 Å². The van der Waals surface area contributed by atoms with Crippen LogP contribution in [0.15, 0.2) is 48.5 Å². The van der Waals surface area contributed by atoms with Gasteiger partial charge in [-0.05, 0) is 49.6 Å². The first-order valence-electron chi connectivity index (χ1n) is 10.7. The van der Waals surface area contributed by atoms with Gasteiger partial charge in [-0.2, -0.15) is 0 Å². The number of carbonyl (C=O) groups is 2. The second-order valence-electron chi connectivity index (χ2n) is 8.38. The van der Waals surface area contributed by atoms with Crippen molar-refractivity contribution in [3.8, 4) is 0 Å². The summed E-state index contributed by atoms with van der Waals surface area (Å²) in [4.78, 5) is 34.4. The number of para-hydroxylation sites is 2. The summed E-state index contributed by atoms with van der Waals surface area (Å²) in [6.07, 6.45) is 2.56. The Morgan fingerprint density at radius 1 is 1.10 bits per heavy atom. The highest BCUT2D eigenvalue weighted by atomic mass is 16.2. The zero-order valence-corrected chi connectivity index (χ0v) is 17.3. The first-order valence-corrected chi connectivity index (χ1v) is 10.7. The normalized spacial score (nSPS) is 19.2. The van der Waals surface area contributed by atoms with Crippen molar-refractivity contribution < 1.29 is 9.59 Å². The smallest absolute Gasteiger partial charge is 0.242 e. The topological polar surface area (TPSA) is 58.4 Å². The molecule has 154 valence electrons. The fourth-order valence-electron chi connectivity index (χ4n) is 4.70. The Bertz CT molecular complexity index is 1110. The molecule has 3 heterocycles. The van der Waals surface area contributed by atoms with Crippen LogP contribution in [0.25, 0.3) is 11.0 Å². The summed E-state index contributed by atoms with van der Waals surface area (Å²) < 4.78 is 2.04. The first-order chi connectivity index (χ1) is 14.6. The molecule has 2 fully saturated rings. The van der Waals surface area contributed by atoms with Crippen molar-refractivity contribution in [3.05, 3.63) is 59.9 Å². The van der Waals surface area contributed by atoms with E-state index in [1.165, 1.54) is 0 Å². The lowest BCUT2D eigenvalue weighted by Crippen LogP contribution is -2.32. The van der Waals surface area contributed by atoms with E-state index < -0.39 is 0 Å². The predicted octanol–water partition coefficient (Wildman–Crippen LogP) is 3.49. The molecule has 2 amide bonds. The first kappa shape index (κ1) is 18.9. The van der Waals surface area contributed by atoms with E-state index in [-0.39, 0.29) is 24.3 Å². The van der Waals surface area contributed by atoms with Crippen molar-refractivity contribution in [2.75, 3.05) is 24.5 Å². The minimum absolute atomic E-state index is 0.0307. The van der Waals surface area contributed by atoms with Crippen LogP contribution in [0.3, 0.4) is 0 Å². The van der Waals surface area contributed by atoms with Crippen LogP contribution in [0.5, 0.6) is 0 Å². The van der Waals surface area contributed by atoms with E-state index in [1.807, 2.05) is 69.8 Å². The molecule has 1 atom stereocenters. The standard InChI is InChI=1S/C24H26N4O2/c1-17-7-6-8-19(13-17)27-15-18(14-22(27)29)24-25-20-9-2-3-10-21(20)28(24)16-23(30)26-11-4-5-12-26/h2-3,6-10,13,18H,4-5,11-12,14-16H2,1H3/t18-/m0/s1. The van der Waals surface area contributed by atoms with Crippen molar-refractivity contribution in [3.63, 3.8) is 0 Å². The second-order valence-corrected chi connectivity index (χ2v) is 8.38. The number of benzene rings is 2. The molecule has 0 saturated carbocycles. The number of hydrogen-bond donors (Lipinski definition) is 0. The number of hydrogen-bond acceptors (Lipinski definition) is 3. The molecule has 3 aromatic rings. The number of nitrogens with zero attached hydrogens (tertiary/aromatic N) is 4. The minimum Gasteiger partial charge on any atom is -0.341 e. The minimum atomic E-state index is -0.0307. The molecule has 2 aromatic carbocycles. The molecule has 5 rings (SSSR count). The van der Waals surface area contributed by atoms with Gasteiger partial charge in [0.05, 0.1) is 11.0 Å². The Balaban J connectivity index is 1.48. The predicted molar refractivity (Wildman–Crippen MR) is 116 cm³/mol. The van der Waals surface area contributed by atoms with Crippen LogP contribution >= 0.6 is 0 Å². The van der Waals surface area contributed by atoms with Crippen molar-refractivity contribution in [1.82, 2.24) is 14.5 Å². The number of aryl methyl sites for hydroxylation is 1. The van der Waals surface area contributed by atoms with Crippen molar-refractivity contribution in [2.24, 2.45) is 0 Å². The van der Waals surface area contributed by atoms with Crippen molar-refractivity contribution in [1.29, 1.82) is 0 Å². The van der Waals surface area contributed by atoms with Crippen LogP contribution in [0.4, 0.5) is 5.69 Å². The number of imidazole rings is 1. The zero-order valence-electron chi connectivity index (χ0n) is 17.3. The van der Waals surface area contributed by atoms with Gasteiger partial charge in [0.15, 0.2) is 0 Å². The SMILES string of the molecule is Cc1cccc(N2C[C@@H](c3nc4ccccc4n3CC(=O)N3CCCC3)CC2=O)c1. The highest BCUT2D eigenvalue weighted by Crippen LogP contribution is 2.33. The van der Waals surface area contributed by atoms with E-state index in [2.05, 4.69) is 0 Å². The van der Waals surface area contributed by atoms with E-state index >= 15 is 0 Å². The highest BCUT2D eigenvalue weighted by Gasteiger charge is 2.35. The molecule has 1 aromatic heterocycles. The molecule has 6 heteroatoms. The number of carbonyl (C=O) groups excluding carboxylic acids is 2. The van der Waals surface area contributed by atoms with Crippen LogP contribution in [0.1, 0.15) is 36.6 Å². The van der Waals surface area contributed by atoms with Crippen LogP contribution < -0.4 is 4.90 Å². The summed E-state index contributed by atoms with van der Waals surface area (Å²) >= 11 is 0. The maximum absolute atomic E-state index is 12.9. The average molecular weight is 402 g/mol. The van der Waals surface area contributed by atoms with Gasteiger partial charge < -0.3 is 14.4 Å². The fraction of sp³-hybridized carbons (Fsp3) is 0.375. The van der Waals surface area contributed by atoms with E-state index in [0.717, 1.165) is 54.0 Å². The highest BCUT2D eigenvalue weighted by molar-refractivity contribution is 5.96. The van der Waals surface area contributed by atoms with Gasteiger partial charge in [0, 0.05) is 37.7 Å². The Hall–Kier alpha value is -3.15. The third-order valence-corrected chi connectivity index (χ3v) is 6.24. The molecular weight excluding hydrogens is 376 g/mol. The maximum atomic E-state index is 12.9. The second kappa shape index (κ2) is 7.59. The van der Waals surface area contributed by atoms with Crippen LogP contribution in [0, 0.1) is 6.92 Å². The molecule has 0 aliphatic carbocycles. The van der Waals surface area contributed by atoms with E-state index in [9.17, 15) is 9.59 Å². The van der Waals surface area contributed by atoms with E-state index in [4.69, 9.17) is 4.98 Å². The Morgan fingerprint density at radius 2 is 1.90 bits per heavy atom. The number of aromatic nitrogens is 2. The third kappa shape index (κ3) is 3.36. The molecule has 0 bridgehead atoms. The lowest BCUT2D eigenvalue weighted by atomic mass is 10.1. The van der Waals surface area contributed by atoms with Crippen molar-refractivity contribution in [2.45, 2.75) is 38.6 Å². The van der Waals surface area contributed by atoms with Gasteiger partial charge in [-0.3, -0.25) is 9.59 Å². The van der Waals surface area contributed by atoms with Gasteiger partial charge in [-0.25, -0.2) is 4.98 Å². The lowest BCUT2D eigenvalue weighted by Gasteiger charge is -2.19. The van der Waals surface area contributed by atoms with E-state index in [0.29, 0.717) is 13.0 Å². The summed E-state index contributed by atoms with van der Waals surface area (Å²) in [6, 6.07) is 16.0. The average Bonchev–Trinajstić information content (AvgIpc) is 3.47. The molecule has 2 saturated heterocycles. The van der Waals surface area contributed by atoms with Gasteiger partial charge in [-0.15, -0.1) is 0 Å². The van der Waals surface area contributed by atoms with Crippen molar-refractivity contribution >= 4 is 28.5 Å². The summed E-state index contributed by atoms with van der Waals surface area (Å²) in [5.74, 6) is 1.05. The van der Waals surface area contributed by atoms with Crippen LogP contribution in [0.2, 0.25) is 0 Å². The monoisotopic (exact) mass is 402 g/mol. The molecule has 0 N–H and O–H groups in total. The van der Waals surface area contributed by atoms with Gasteiger partial charge in [0.1, 0.15) is 12.4 Å². The Morgan fingerprint density at radius 3 is 2.70 bits per heavy atom.